The maximum atomic E-state index is 12.6. The van der Waals surface area contributed by atoms with Crippen LogP contribution >= 0.6 is 0 Å². The van der Waals surface area contributed by atoms with Crippen LogP contribution in [0.25, 0.3) is 0 Å². The smallest absolute Gasteiger partial charge is 0.306 e. The van der Waals surface area contributed by atoms with Gasteiger partial charge in [-0.15, -0.1) is 0 Å². The molecule has 1 aromatic carbocycles. The third-order valence-electron chi connectivity index (χ3n) is 5.50. The Bertz CT molecular complexity index is 785. The number of rotatable bonds is 6. The highest BCUT2D eigenvalue weighted by molar-refractivity contribution is 7.89. The Morgan fingerprint density at radius 2 is 1.67 bits per heavy atom. The first kappa shape index (κ1) is 19.8. The van der Waals surface area contributed by atoms with Crippen LogP contribution in [-0.4, -0.2) is 42.8 Å². The number of sulfonamides is 1. The van der Waals surface area contributed by atoms with Crippen molar-refractivity contribution in [1.82, 2.24) is 9.62 Å². The molecule has 1 saturated heterocycles. The summed E-state index contributed by atoms with van der Waals surface area (Å²) in [4.78, 5) is 23.5. The van der Waals surface area contributed by atoms with E-state index < -0.39 is 21.9 Å². The zero-order valence-electron chi connectivity index (χ0n) is 15.3. The van der Waals surface area contributed by atoms with E-state index in [-0.39, 0.29) is 16.7 Å². The number of aliphatic carboxylic acids is 1. The lowest BCUT2D eigenvalue weighted by Gasteiger charge is -2.25. The summed E-state index contributed by atoms with van der Waals surface area (Å²) in [6, 6.07) is 6.60. The molecule has 1 saturated carbocycles. The van der Waals surface area contributed by atoms with Crippen molar-refractivity contribution in [3.63, 3.8) is 0 Å². The van der Waals surface area contributed by atoms with Crippen LogP contribution in [0.4, 0.5) is 0 Å². The lowest BCUT2D eigenvalue weighted by molar-refractivity contribution is -0.141. The molecule has 27 heavy (non-hydrogen) atoms. The molecule has 1 aromatic rings. The molecule has 3 rings (SSSR count). The second kappa shape index (κ2) is 8.39. The first-order chi connectivity index (χ1) is 12.9. The molecule has 2 fully saturated rings. The summed E-state index contributed by atoms with van der Waals surface area (Å²) in [5, 5.41) is 11.9. The number of hydrogen-bond donors (Lipinski definition) is 2. The van der Waals surface area contributed by atoms with Crippen molar-refractivity contribution in [1.29, 1.82) is 0 Å². The second-order valence-corrected chi connectivity index (χ2v) is 9.31. The van der Waals surface area contributed by atoms with Gasteiger partial charge in [-0.2, -0.15) is 4.31 Å². The second-order valence-electron chi connectivity index (χ2n) is 7.37. The summed E-state index contributed by atoms with van der Waals surface area (Å²) in [7, 11) is -3.45. The molecule has 0 spiro atoms. The minimum Gasteiger partial charge on any atom is -0.481 e. The first-order valence-corrected chi connectivity index (χ1v) is 10.9. The average Bonchev–Trinajstić information content (AvgIpc) is 3.18. The van der Waals surface area contributed by atoms with Gasteiger partial charge in [0.05, 0.1) is 10.8 Å². The molecule has 1 aliphatic heterocycles. The van der Waals surface area contributed by atoms with Gasteiger partial charge in [0.2, 0.25) is 15.9 Å². The number of nitrogens with one attached hydrogen (secondary N) is 1. The fraction of sp³-hybridized carbons (Fsp3) is 0.579. The summed E-state index contributed by atoms with van der Waals surface area (Å²) in [5.74, 6) is -1.66. The predicted molar refractivity (Wildman–Crippen MR) is 99.4 cm³/mol. The standard InChI is InChI=1S/C19H26N2O5S/c22-18(15-6-7-16(12-15)19(23)24)20-13-14-4-8-17(9-5-14)27(25,26)21-10-2-1-3-11-21/h4-5,8-9,15-16H,1-3,6-7,10-13H2,(H,20,22)(H,23,24)/t15-,16+/m0/s1. The molecule has 148 valence electrons. The monoisotopic (exact) mass is 394 g/mol. The van der Waals surface area contributed by atoms with Gasteiger partial charge in [-0.25, -0.2) is 8.42 Å². The topological polar surface area (TPSA) is 104 Å². The normalized spacial score (nSPS) is 23.9. The van der Waals surface area contributed by atoms with Crippen molar-refractivity contribution >= 4 is 21.9 Å². The van der Waals surface area contributed by atoms with Crippen LogP contribution in [-0.2, 0) is 26.2 Å². The Balaban J connectivity index is 1.55. The molecule has 0 bridgehead atoms. The Kier molecular flexibility index (Phi) is 6.16. The van der Waals surface area contributed by atoms with E-state index >= 15 is 0 Å². The van der Waals surface area contributed by atoms with Gasteiger partial charge in [-0.05, 0) is 49.8 Å². The predicted octanol–water partition coefficient (Wildman–Crippen LogP) is 1.98. The number of amides is 1. The first-order valence-electron chi connectivity index (χ1n) is 9.47. The van der Waals surface area contributed by atoms with Gasteiger partial charge < -0.3 is 10.4 Å². The maximum Gasteiger partial charge on any atom is 0.306 e. The van der Waals surface area contributed by atoms with Crippen molar-refractivity contribution in [2.24, 2.45) is 11.8 Å². The van der Waals surface area contributed by atoms with Gasteiger partial charge in [0, 0.05) is 25.6 Å². The van der Waals surface area contributed by atoms with Crippen molar-refractivity contribution < 1.29 is 23.1 Å². The number of carbonyl (C=O) groups excluding carboxylic acids is 1. The van der Waals surface area contributed by atoms with E-state index in [9.17, 15) is 18.0 Å². The summed E-state index contributed by atoms with van der Waals surface area (Å²) in [5.41, 5.74) is 0.814. The van der Waals surface area contributed by atoms with Crippen LogP contribution in [0.2, 0.25) is 0 Å². The molecule has 7 nitrogen and oxygen atoms in total. The van der Waals surface area contributed by atoms with Gasteiger partial charge in [-0.1, -0.05) is 18.6 Å². The zero-order valence-corrected chi connectivity index (χ0v) is 16.1. The van der Waals surface area contributed by atoms with Gasteiger partial charge in [0.25, 0.3) is 0 Å². The highest BCUT2D eigenvalue weighted by atomic mass is 32.2. The highest BCUT2D eigenvalue weighted by Crippen LogP contribution is 2.31. The number of piperidine rings is 1. The molecular formula is C19H26N2O5S. The quantitative estimate of drug-likeness (QED) is 0.768. The van der Waals surface area contributed by atoms with E-state index in [4.69, 9.17) is 5.11 Å². The molecule has 1 amide bonds. The fourth-order valence-electron chi connectivity index (χ4n) is 3.81. The lowest BCUT2D eigenvalue weighted by atomic mass is 10.0. The van der Waals surface area contributed by atoms with Crippen LogP contribution < -0.4 is 5.32 Å². The van der Waals surface area contributed by atoms with Gasteiger partial charge in [-0.3, -0.25) is 9.59 Å². The van der Waals surface area contributed by atoms with Gasteiger partial charge >= 0.3 is 5.97 Å². The van der Waals surface area contributed by atoms with Gasteiger partial charge in [0.15, 0.2) is 0 Å². The minimum atomic E-state index is -3.45. The number of nitrogens with zero attached hydrogens (tertiary/aromatic N) is 1. The summed E-state index contributed by atoms with van der Waals surface area (Å²) in [6.07, 6.45) is 4.37. The van der Waals surface area contributed by atoms with E-state index in [1.807, 2.05) is 0 Å². The molecule has 2 aliphatic rings. The number of carboxylic acids is 1. The number of hydrogen-bond acceptors (Lipinski definition) is 4. The van der Waals surface area contributed by atoms with Crippen molar-refractivity contribution in [2.45, 2.75) is 50.0 Å². The Labute approximate surface area is 159 Å². The van der Waals surface area contributed by atoms with Crippen molar-refractivity contribution in [3.8, 4) is 0 Å². The Morgan fingerprint density at radius 3 is 2.26 bits per heavy atom. The number of benzene rings is 1. The zero-order chi connectivity index (χ0) is 19.4. The number of carbonyl (C=O) groups is 2. The molecule has 8 heteroatoms. The van der Waals surface area contributed by atoms with E-state index in [1.165, 1.54) is 4.31 Å². The third kappa shape index (κ3) is 4.68. The van der Waals surface area contributed by atoms with Gasteiger partial charge in [0.1, 0.15) is 0 Å². The van der Waals surface area contributed by atoms with Crippen LogP contribution in [0.15, 0.2) is 29.2 Å². The summed E-state index contributed by atoms with van der Waals surface area (Å²) >= 11 is 0. The fourth-order valence-corrected chi connectivity index (χ4v) is 5.33. The van der Waals surface area contributed by atoms with E-state index in [2.05, 4.69) is 5.32 Å². The van der Waals surface area contributed by atoms with Crippen LogP contribution in [0.1, 0.15) is 44.1 Å². The maximum absolute atomic E-state index is 12.6. The third-order valence-corrected chi connectivity index (χ3v) is 7.41. The molecule has 2 N–H and O–H groups in total. The molecule has 1 heterocycles. The average molecular weight is 394 g/mol. The lowest BCUT2D eigenvalue weighted by Crippen LogP contribution is -2.35. The molecule has 2 atom stereocenters. The SMILES string of the molecule is O=C(O)[C@@H]1CC[C@H](C(=O)NCc2ccc(S(=O)(=O)N3CCCCC3)cc2)C1. The van der Waals surface area contributed by atoms with E-state index in [0.29, 0.717) is 38.9 Å². The molecular weight excluding hydrogens is 368 g/mol. The summed E-state index contributed by atoms with van der Waals surface area (Å²) in [6.45, 7) is 1.44. The largest absolute Gasteiger partial charge is 0.481 e. The van der Waals surface area contributed by atoms with Crippen molar-refractivity contribution in [3.05, 3.63) is 29.8 Å². The molecule has 1 aliphatic carbocycles. The number of carboxylic acid groups (broad SMARTS) is 1. The van der Waals surface area contributed by atoms with Crippen molar-refractivity contribution in [2.75, 3.05) is 13.1 Å². The highest BCUT2D eigenvalue weighted by Gasteiger charge is 2.33. The molecule has 0 aromatic heterocycles. The summed E-state index contributed by atoms with van der Waals surface area (Å²) < 4.78 is 26.8. The van der Waals surface area contributed by atoms with E-state index in [1.54, 1.807) is 24.3 Å². The molecule has 0 unspecified atom stereocenters. The molecule has 0 radical (unpaired) electrons. The van der Waals surface area contributed by atoms with E-state index in [0.717, 1.165) is 24.8 Å². The van der Waals surface area contributed by atoms with Crippen LogP contribution in [0.5, 0.6) is 0 Å². The Morgan fingerprint density at radius 1 is 1.04 bits per heavy atom. The van der Waals surface area contributed by atoms with Crippen LogP contribution in [0.3, 0.4) is 0 Å². The minimum absolute atomic E-state index is 0.135. The van der Waals surface area contributed by atoms with Crippen LogP contribution in [0, 0.1) is 11.8 Å². The Hall–Kier alpha value is -1.93.